The Kier molecular flexibility index (Phi) is 3.99. The zero-order valence-corrected chi connectivity index (χ0v) is 8.36. The summed E-state index contributed by atoms with van der Waals surface area (Å²) in [5.41, 5.74) is 0.732. The van der Waals surface area contributed by atoms with Gasteiger partial charge in [-0.2, -0.15) is 0 Å². The van der Waals surface area contributed by atoms with Gasteiger partial charge >= 0.3 is 0 Å². The van der Waals surface area contributed by atoms with E-state index in [2.05, 4.69) is 11.2 Å². The molecule has 0 aromatic heterocycles. The molecule has 1 rings (SSSR count). The molecule has 1 N–H and O–H groups in total. The monoisotopic (exact) mass is 201 g/mol. The predicted octanol–water partition coefficient (Wildman–Crippen LogP) is 2.17. The lowest BCUT2D eigenvalue weighted by Gasteiger charge is -2.03. The molecule has 3 nitrogen and oxygen atoms in total. The van der Waals surface area contributed by atoms with Crippen molar-refractivity contribution in [2.24, 2.45) is 0 Å². The maximum absolute atomic E-state index is 10.7. The van der Waals surface area contributed by atoms with Gasteiger partial charge < -0.3 is 10.1 Å². The standard InChI is InChI=1S/C12H11NO2/c1-3-4-9-15-12-7-5-11(6-8-12)13-10(2)14/h1,4-9H,2H3,(H,13,14)/b9-4+. The molecule has 0 aliphatic rings. The van der Waals surface area contributed by atoms with Gasteiger partial charge in [0.05, 0.1) is 6.26 Å². The van der Waals surface area contributed by atoms with E-state index in [1.165, 1.54) is 19.3 Å². The van der Waals surface area contributed by atoms with Gasteiger partial charge in [-0.15, -0.1) is 6.42 Å². The second kappa shape index (κ2) is 5.51. The van der Waals surface area contributed by atoms with Crippen LogP contribution in [0.4, 0.5) is 5.69 Å². The van der Waals surface area contributed by atoms with E-state index in [9.17, 15) is 4.79 Å². The van der Waals surface area contributed by atoms with Gasteiger partial charge in [-0.05, 0) is 24.3 Å². The number of hydrogen-bond donors (Lipinski definition) is 1. The highest BCUT2D eigenvalue weighted by Gasteiger charge is 1.95. The Morgan fingerprint density at radius 2 is 2.13 bits per heavy atom. The van der Waals surface area contributed by atoms with E-state index in [-0.39, 0.29) is 5.91 Å². The normalized spacial score (nSPS) is 9.60. The average molecular weight is 201 g/mol. The van der Waals surface area contributed by atoms with E-state index in [0.29, 0.717) is 5.75 Å². The third-order valence-corrected chi connectivity index (χ3v) is 1.54. The lowest BCUT2D eigenvalue weighted by Crippen LogP contribution is -2.05. The highest BCUT2D eigenvalue weighted by atomic mass is 16.5. The van der Waals surface area contributed by atoms with E-state index in [4.69, 9.17) is 11.2 Å². The first kappa shape index (κ1) is 10.9. The minimum Gasteiger partial charge on any atom is -0.464 e. The Labute approximate surface area is 88.8 Å². The van der Waals surface area contributed by atoms with Crippen LogP contribution in [0.1, 0.15) is 6.92 Å². The Morgan fingerprint density at radius 1 is 1.47 bits per heavy atom. The zero-order chi connectivity index (χ0) is 11.1. The highest BCUT2D eigenvalue weighted by Crippen LogP contribution is 2.15. The van der Waals surface area contributed by atoms with Crippen LogP contribution in [0.2, 0.25) is 0 Å². The number of amides is 1. The number of terminal acetylenes is 1. The van der Waals surface area contributed by atoms with Crippen LogP contribution in [0.5, 0.6) is 5.75 Å². The average Bonchev–Trinajstić information content (AvgIpc) is 2.20. The molecule has 76 valence electrons. The van der Waals surface area contributed by atoms with Crippen molar-refractivity contribution in [2.75, 3.05) is 5.32 Å². The van der Waals surface area contributed by atoms with Crippen molar-refractivity contribution < 1.29 is 9.53 Å². The second-order valence-electron chi connectivity index (χ2n) is 2.79. The molecule has 1 aromatic rings. The topological polar surface area (TPSA) is 38.3 Å². The molecule has 0 saturated carbocycles. The van der Waals surface area contributed by atoms with Crippen LogP contribution in [0.3, 0.4) is 0 Å². The van der Waals surface area contributed by atoms with E-state index >= 15 is 0 Å². The molecule has 0 atom stereocenters. The molecule has 0 radical (unpaired) electrons. The molecule has 0 aliphatic heterocycles. The summed E-state index contributed by atoms with van der Waals surface area (Å²) < 4.78 is 5.17. The second-order valence-corrected chi connectivity index (χ2v) is 2.79. The molecule has 0 bridgehead atoms. The lowest BCUT2D eigenvalue weighted by atomic mass is 10.3. The quantitative estimate of drug-likeness (QED) is 0.601. The molecule has 0 saturated heterocycles. The Bertz CT molecular complexity index is 399. The summed E-state index contributed by atoms with van der Waals surface area (Å²) in [6, 6.07) is 6.99. The van der Waals surface area contributed by atoms with Crippen molar-refractivity contribution in [1.82, 2.24) is 0 Å². The fourth-order valence-corrected chi connectivity index (χ4v) is 0.972. The molecule has 1 amide bonds. The van der Waals surface area contributed by atoms with Gasteiger partial charge in [-0.1, -0.05) is 5.92 Å². The van der Waals surface area contributed by atoms with Gasteiger partial charge in [0.2, 0.25) is 5.91 Å². The summed E-state index contributed by atoms with van der Waals surface area (Å²) in [4.78, 5) is 10.7. The van der Waals surface area contributed by atoms with Crippen LogP contribution < -0.4 is 10.1 Å². The first-order valence-electron chi connectivity index (χ1n) is 4.38. The number of ether oxygens (including phenoxy) is 1. The lowest BCUT2D eigenvalue weighted by molar-refractivity contribution is -0.114. The van der Waals surface area contributed by atoms with Crippen LogP contribution >= 0.6 is 0 Å². The number of carbonyl (C=O) groups is 1. The minimum atomic E-state index is -0.101. The van der Waals surface area contributed by atoms with E-state index < -0.39 is 0 Å². The van der Waals surface area contributed by atoms with Crippen molar-refractivity contribution in [1.29, 1.82) is 0 Å². The van der Waals surface area contributed by atoms with Crippen molar-refractivity contribution >= 4 is 11.6 Å². The summed E-state index contributed by atoms with van der Waals surface area (Å²) in [6.45, 7) is 1.46. The first-order chi connectivity index (χ1) is 7.22. The number of benzene rings is 1. The van der Waals surface area contributed by atoms with Gasteiger partial charge in [0.1, 0.15) is 5.75 Å². The van der Waals surface area contributed by atoms with Gasteiger partial charge in [-0.3, -0.25) is 4.79 Å². The summed E-state index contributed by atoms with van der Waals surface area (Å²) >= 11 is 0. The van der Waals surface area contributed by atoms with Gasteiger partial charge in [0.15, 0.2) is 0 Å². The van der Waals surface area contributed by atoms with E-state index in [0.717, 1.165) is 5.69 Å². The maximum atomic E-state index is 10.7. The molecule has 1 aromatic carbocycles. The zero-order valence-electron chi connectivity index (χ0n) is 8.36. The van der Waals surface area contributed by atoms with Crippen molar-refractivity contribution in [3.05, 3.63) is 36.6 Å². The molecular formula is C12H11NO2. The summed E-state index contributed by atoms with van der Waals surface area (Å²) in [7, 11) is 0. The number of anilines is 1. The number of carbonyl (C=O) groups excluding carboxylic acids is 1. The van der Waals surface area contributed by atoms with Crippen LogP contribution in [0.15, 0.2) is 36.6 Å². The van der Waals surface area contributed by atoms with Crippen molar-refractivity contribution in [2.45, 2.75) is 6.92 Å². The predicted molar refractivity (Wildman–Crippen MR) is 59.3 cm³/mol. The van der Waals surface area contributed by atoms with Crippen LogP contribution in [0, 0.1) is 12.3 Å². The Hall–Kier alpha value is -2.21. The number of rotatable bonds is 3. The smallest absolute Gasteiger partial charge is 0.221 e. The fraction of sp³-hybridized carbons (Fsp3) is 0.0833. The number of nitrogens with one attached hydrogen (secondary N) is 1. The number of allylic oxidation sites excluding steroid dienone is 1. The van der Waals surface area contributed by atoms with Gasteiger partial charge in [-0.25, -0.2) is 0 Å². The van der Waals surface area contributed by atoms with Crippen molar-refractivity contribution in [3.8, 4) is 18.1 Å². The summed E-state index contributed by atoms with van der Waals surface area (Å²) in [5, 5.41) is 2.65. The molecule has 3 heteroatoms. The van der Waals surface area contributed by atoms with E-state index in [1.807, 2.05) is 0 Å². The molecule has 0 spiro atoms. The minimum absolute atomic E-state index is 0.101. The maximum Gasteiger partial charge on any atom is 0.221 e. The van der Waals surface area contributed by atoms with Gasteiger partial charge in [0.25, 0.3) is 0 Å². The first-order valence-corrected chi connectivity index (χ1v) is 4.38. The summed E-state index contributed by atoms with van der Waals surface area (Å²) in [5.74, 6) is 2.87. The third kappa shape index (κ3) is 4.01. The van der Waals surface area contributed by atoms with Crippen LogP contribution in [-0.2, 0) is 4.79 Å². The van der Waals surface area contributed by atoms with Crippen LogP contribution in [0.25, 0.3) is 0 Å². The highest BCUT2D eigenvalue weighted by molar-refractivity contribution is 5.88. The van der Waals surface area contributed by atoms with Crippen LogP contribution in [-0.4, -0.2) is 5.91 Å². The molecular weight excluding hydrogens is 190 g/mol. The summed E-state index contributed by atoms with van der Waals surface area (Å²) in [6.07, 6.45) is 7.89. The van der Waals surface area contributed by atoms with Crippen molar-refractivity contribution in [3.63, 3.8) is 0 Å². The Balaban J connectivity index is 2.60. The molecule has 0 heterocycles. The third-order valence-electron chi connectivity index (χ3n) is 1.54. The molecule has 15 heavy (non-hydrogen) atoms. The molecule has 0 fully saturated rings. The van der Waals surface area contributed by atoms with E-state index in [1.54, 1.807) is 24.3 Å². The number of hydrogen-bond acceptors (Lipinski definition) is 2. The SMILES string of the molecule is C#C/C=C/Oc1ccc(NC(C)=O)cc1. The molecule has 0 aliphatic carbocycles. The largest absolute Gasteiger partial charge is 0.464 e. The fourth-order valence-electron chi connectivity index (χ4n) is 0.972. The Morgan fingerprint density at radius 3 is 2.67 bits per heavy atom. The van der Waals surface area contributed by atoms with Gasteiger partial charge in [0, 0.05) is 18.7 Å². The molecule has 0 unspecified atom stereocenters.